The largest absolute Gasteiger partial charge is 0.342 e. The van der Waals surface area contributed by atoms with Gasteiger partial charge < -0.3 is 14.4 Å². The number of carbonyl (C=O) groups is 2. The Kier molecular flexibility index (Phi) is 8.61. The lowest BCUT2D eigenvalue weighted by Crippen LogP contribution is -2.52. The first-order valence-electron chi connectivity index (χ1n) is 12.5. The van der Waals surface area contributed by atoms with Crippen LogP contribution in [0, 0.1) is 6.92 Å². The van der Waals surface area contributed by atoms with Crippen LogP contribution in [0.25, 0.3) is 11.4 Å². The Bertz CT molecular complexity index is 978. The van der Waals surface area contributed by atoms with E-state index in [0.717, 1.165) is 62.1 Å². The van der Waals surface area contributed by atoms with Gasteiger partial charge in [-0.25, -0.2) is 0 Å². The number of hydrogen-bond acceptors (Lipinski definition) is 6. The van der Waals surface area contributed by atoms with Crippen molar-refractivity contribution in [1.29, 1.82) is 0 Å². The standard InChI is InChI=1S/C25H36N6O2S/c1-3-31-24(21-10-8-9-20(2)17-21)26-27-25(31)34-19-23(33)30-15-13-28(14-16-30)18-22(32)29-11-6-4-5-7-12-29/h8-10,17H,3-7,11-16,18-19H2,1-2H3. The summed E-state index contributed by atoms with van der Waals surface area (Å²) in [6.45, 7) is 9.97. The van der Waals surface area contributed by atoms with Crippen LogP contribution in [0.5, 0.6) is 0 Å². The van der Waals surface area contributed by atoms with Gasteiger partial charge in [0.05, 0.1) is 12.3 Å². The molecule has 2 amide bonds. The van der Waals surface area contributed by atoms with Crippen LogP contribution in [-0.2, 0) is 16.1 Å². The normalized spacial score (nSPS) is 17.6. The molecule has 2 aliphatic rings. The van der Waals surface area contributed by atoms with Gasteiger partial charge in [-0.1, -0.05) is 48.4 Å². The summed E-state index contributed by atoms with van der Waals surface area (Å²) < 4.78 is 2.07. The second-order valence-corrected chi connectivity index (χ2v) is 10.1. The number of rotatable bonds is 7. The lowest BCUT2D eigenvalue weighted by Gasteiger charge is -2.35. The average Bonchev–Trinajstić information content (AvgIpc) is 3.06. The maximum atomic E-state index is 12.9. The van der Waals surface area contributed by atoms with E-state index in [9.17, 15) is 9.59 Å². The van der Waals surface area contributed by atoms with E-state index in [1.54, 1.807) is 0 Å². The smallest absolute Gasteiger partial charge is 0.236 e. The van der Waals surface area contributed by atoms with Gasteiger partial charge in [-0.15, -0.1) is 10.2 Å². The number of nitrogens with zero attached hydrogens (tertiary/aromatic N) is 6. The molecule has 3 heterocycles. The highest BCUT2D eigenvalue weighted by Gasteiger charge is 2.25. The molecular formula is C25H36N6O2S. The van der Waals surface area contributed by atoms with Crippen molar-refractivity contribution >= 4 is 23.6 Å². The number of likely N-dealkylation sites (tertiary alicyclic amines) is 1. The molecule has 2 aliphatic heterocycles. The van der Waals surface area contributed by atoms with Crippen LogP contribution in [0.1, 0.15) is 38.2 Å². The summed E-state index contributed by atoms with van der Waals surface area (Å²) in [6, 6.07) is 8.23. The average molecular weight is 485 g/mol. The summed E-state index contributed by atoms with van der Waals surface area (Å²) in [4.78, 5) is 31.6. The molecule has 9 heteroatoms. The third-order valence-corrected chi connectivity index (χ3v) is 7.63. The lowest BCUT2D eigenvalue weighted by molar-refractivity contribution is -0.134. The summed E-state index contributed by atoms with van der Waals surface area (Å²) in [5.41, 5.74) is 2.22. The van der Waals surface area contributed by atoms with Crippen molar-refractivity contribution in [2.45, 2.75) is 51.2 Å². The number of piperazine rings is 1. The molecule has 1 aromatic carbocycles. The number of thioether (sulfide) groups is 1. The van der Waals surface area contributed by atoms with Crippen LogP contribution in [0.3, 0.4) is 0 Å². The third-order valence-electron chi connectivity index (χ3n) is 6.68. The van der Waals surface area contributed by atoms with Crippen molar-refractivity contribution < 1.29 is 9.59 Å². The van der Waals surface area contributed by atoms with E-state index in [1.807, 2.05) is 21.9 Å². The highest BCUT2D eigenvalue weighted by Crippen LogP contribution is 2.25. The van der Waals surface area contributed by atoms with Crippen LogP contribution < -0.4 is 0 Å². The molecule has 0 radical (unpaired) electrons. The SMILES string of the molecule is CCn1c(SCC(=O)N2CCN(CC(=O)N3CCCCCC3)CC2)nnc1-c1cccc(C)c1. The number of benzene rings is 1. The molecule has 8 nitrogen and oxygen atoms in total. The minimum absolute atomic E-state index is 0.117. The van der Waals surface area contributed by atoms with Crippen molar-refractivity contribution in [2.75, 3.05) is 51.6 Å². The Hall–Kier alpha value is -2.39. The van der Waals surface area contributed by atoms with Crippen LogP contribution in [-0.4, -0.2) is 92.8 Å². The van der Waals surface area contributed by atoms with Crippen molar-refractivity contribution in [2.24, 2.45) is 0 Å². The van der Waals surface area contributed by atoms with Crippen molar-refractivity contribution in [3.63, 3.8) is 0 Å². The van der Waals surface area contributed by atoms with Gasteiger partial charge in [-0.05, 0) is 32.8 Å². The minimum atomic E-state index is 0.117. The first-order valence-corrected chi connectivity index (χ1v) is 13.4. The van der Waals surface area contributed by atoms with Gasteiger partial charge in [0.2, 0.25) is 11.8 Å². The molecule has 184 valence electrons. The molecule has 0 bridgehead atoms. The number of carbonyl (C=O) groups excluding carboxylic acids is 2. The van der Waals surface area contributed by atoms with E-state index in [1.165, 1.54) is 30.2 Å². The highest BCUT2D eigenvalue weighted by atomic mass is 32.2. The predicted molar refractivity (Wildman–Crippen MR) is 135 cm³/mol. The topological polar surface area (TPSA) is 74.6 Å². The summed E-state index contributed by atoms with van der Waals surface area (Å²) in [7, 11) is 0. The first kappa shape index (κ1) is 24.7. The first-order chi connectivity index (χ1) is 16.5. The van der Waals surface area contributed by atoms with Crippen LogP contribution >= 0.6 is 11.8 Å². The fourth-order valence-corrected chi connectivity index (χ4v) is 5.57. The number of aryl methyl sites for hydroxylation is 1. The zero-order chi connectivity index (χ0) is 23.9. The maximum Gasteiger partial charge on any atom is 0.236 e. The maximum absolute atomic E-state index is 12.9. The van der Waals surface area contributed by atoms with E-state index in [-0.39, 0.29) is 11.8 Å². The Morgan fingerprint density at radius 1 is 0.912 bits per heavy atom. The van der Waals surface area contributed by atoms with E-state index < -0.39 is 0 Å². The summed E-state index contributed by atoms with van der Waals surface area (Å²) in [6.07, 6.45) is 4.68. The van der Waals surface area contributed by atoms with Crippen LogP contribution in [0.2, 0.25) is 0 Å². The van der Waals surface area contributed by atoms with Gasteiger partial charge >= 0.3 is 0 Å². The molecule has 1 aromatic heterocycles. The monoisotopic (exact) mass is 484 g/mol. The lowest BCUT2D eigenvalue weighted by atomic mass is 10.1. The van der Waals surface area contributed by atoms with Crippen molar-refractivity contribution in [3.05, 3.63) is 29.8 Å². The molecule has 0 atom stereocenters. The number of amides is 2. The van der Waals surface area contributed by atoms with Crippen molar-refractivity contribution in [1.82, 2.24) is 29.5 Å². The van der Waals surface area contributed by atoms with Gasteiger partial charge in [-0.3, -0.25) is 14.5 Å². The highest BCUT2D eigenvalue weighted by molar-refractivity contribution is 7.99. The number of aromatic nitrogens is 3. The summed E-state index contributed by atoms with van der Waals surface area (Å²) in [5.74, 6) is 1.54. The molecule has 0 aliphatic carbocycles. The van der Waals surface area contributed by atoms with Crippen molar-refractivity contribution in [3.8, 4) is 11.4 Å². The fourth-order valence-electron chi connectivity index (χ4n) is 4.66. The van der Waals surface area contributed by atoms with Gasteiger partial charge in [0, 0.05) is 51.4 Å². The number of hydrogen-bond donors (Lipinski definition) is 0. The zero-order valence-electron chi connectivity index (χ0n) is 20.4. The molecule has 34 heavy (non-hydrogen) atoms. The molecule has 0 spiro atoms. The van der Waals surface area contributed by atoms with Gasteiger partial charge in [-0.2, -0.15) is 0 Å². The Balaban J connectivity index is 1.26. The molecule has 2 fully saturated rings. The summed E-state index contributed by atoms with van der Waals surface area (Å²) in [5, 5.41) is 9.53. The van der Waals surface area contributed by atoms with E-state index in [2.05, 4.69) is 45.6 Å². The van der Waals surface area contributed by atoms with Gasteiger partial charge in [0.25, 0.3) is 0 Å². The van der Waals surface area contributed by atoms with Gasteiger partial charge in [0.1, 0.15) is 0 Å². The Morgan fingerprint density at radius 3 is 2.29 bits per heavy atom. The predicted octanol–water partition coefficient (Wildman–Crippen LogP) is 2.91. The molecule has 2 aromatic rings. The fraction of sp³-hybridized carbons (Fsp3) is 0.600. The molecule has 0 N–H and O–H groups in total. The Morgan fingerprint density at radius 2 is 1.62 bits per heavy atom. The molecular weight excluding hydrogens is 448 g/mol. The third kappa shape index (κ3) is 6.18. The second-order valence-electron chi connectivity index (χ2n) is 9.16. The molecule has 0 saturated carbocycles. The molecule has 2 saturated heterocycles. The molecule has 4 rings (SSSR count). The zero-order valence-corrected chi connectivity index (χ0v) is 21.2. The van der Waals surface area contributed by atoms with Gasteiger partial charge in [0.15, 0.2) is 11.0 Å². The molecule has 0 unspecified atom stereocenters. The summed E-state index contributed by atoms with van der Waals surface area (Å²) >= 11 is 1.45. The van der Waals surface area contributed by atoms with Crippen LogP contribution in [0.15, 0.2) is 29.4 Å². The van der Waals surface area contributed by atoms with E-state index in [0.29, 0.717) is 25.4 Å². The van der Waals surface area contributed by atoms with E-state index >= 15 is 0 Å². The second kappa shape index (κ2) is 11.8. The van der Waals surface area contributed by atoms with E-state index in [4.69, 9.17) is 0 Å². The minimum Gasteiger partial charge on any atom is -0.342 e. The van der Waals surface area contributed by atoms with Crippen LogP contribution in [0.4, 0.5) is 0 Å². The Labute approximate surface area is 206 Å². The quantitative estimate of drug-likeness (QED) is 0.563.